The molecule has 0 spiro atoms. The number of hydrogen-bond donors (Lipinski definition) is 2. The average molecular weight is 646 g/mol. The molecule has 2 atom stereocenters. The first-order chi connectivity index (χ1) is 23.0. The van der Waals surface area contributed by atoms with Crippen molar-refractivity contribution in [2.24, 2.45) is 10.8 Å². The molecule has 0 saturated carbocycles. The van der Waals surface area contributed by atoms with E-state index in [1.165, 1.54) is 5.57 Å². The summed E-state index contributed by atoms with van der Waals surface area (Å²) < 4.78 is 8.04. The Morgan fingerprint density at radius 3 is 2.38 bits per heavy atom. The zero-order valence-corrected chi connectivity index (χ0v) is 27.4. The van der Waals surface area contributed by atoms with Gasteiger partial charge < -0.3 is 24.4 Å². The number of carbonyl (C=O) groups excluding carboxylic acids is 1. The number of nitrogens with zero attached hydrogens (tertiary/aromatic N) is 3. The van der Waals surface area contributed by atoms with Gasteiger partial charge in [-0.15, -0.1) is 0 Å². The van der Waals surface area contributed by atoms with Crippen LogP contribution in [0.1, 0.15) is 76.7 Å². The van der Waals surface area contributed by atoms with Gasteiger partial charge in [0.25, 0.3) is 5.91 Å². The van der Waals surface area contributed by atoms with Crippen LogP contribution in [0, 0.1) is 10.8 Å². The summed E-state index contributed by atoms with van der Waals surface area (Å²) in [5, 5.41) is 19.0. The first-order valence-corrected chi connectivity index (χ1v) is 16.5. The van der Waals surface area contributed by atoms with Crippen molar-refractivity contribution in [3.63, 3.8) is 0 Å². The quantitative estimate of drug-likeness (QED) is 0.204. The van der Waals surface area contributed by atoms with Gasteiger partial charge in [-0.1, -0.05) is 68.8 Å². The lowest BCUT2D eigenvalue weighted by Gasteiger charge is -2.50. The molecule has 3 aromatic carbocycles. The largest absolute Gasteiger partial charge is 0.478 e. The number of carboxylic acids is 2. The lowest BCUT2D eigenvalue weighted by molar-refractivity contribution is 0.0678. The monoisotopic (exact) mass is 645 g/mol. The molecule has 0 bridgehead atoms. The van der Waals surface area contributed by atoms with Gasteiger partial charge in [-0.05, 0) is 66.8 Å². The number of benzene rings is 3. The molecule has 2 N–H and O–H groups in total. The topological polar surface area (TPSA) is 122 Å². The first kappa shape index (κ1) is 31.6. The number of aromatic carboxylic acids is 2. The summed E-state index contributed by atoms with van der Waals surface area (Å²) in [5.74, 6) is -1.43. The third kappa shape index (κ3) is 5.42. The van der Waals surface area contributed by atoms with Crippen LogP contribution < -0.4 is 0 Å². The highest BCUT2D eigenvalue weighted by molar-refractivity contribution is 6.01. The Morgan fingerprint density at radius 1 is 0.938 bits per heavy atom. The summed E-state index contributed by atoms with van der Waals surface area (Å²) in [7, 11) is 0. The fourth-order valence-corrected chi connectivity index (χ4v) is 8.04. The van der Waals surface area contributed by atoms with Crippen molar-refractivity contribution in [1.29, 1.82) is 0 Å². The molecule has 1 aliphatic carbocycles. The van der Waals surface area contributed by atoms with Crippen LogP contribution in [0.15, 0.2) is 84.5 Å². The fourth-order valence-electron chi connectivity index (χ4n) is 8.04. The normalized spacial score (nSPS) is 21.8. The summed E-state index contributed by atoms with van der Waals surface area (Å²) in [6, 6.07) is 19.6. The van der Waals surface area contributed by atoms with Crippen LogP contribution in [0.3, 0.4) is 0 Å². The molecule has 9 heteroatoms. The van der Waals surface area contributed by atoms with Crippen LogP contribution in [0.5, 0.6) is 0 Å². The minimum atomic E-state index is -1.02. The van der Waals surface area contributed by atoms with Crippen molar-refractivity contribution < 1.29 is 29.3 Å². The second kappa shape index (κ2) is 11.9. The van der Waals surface area contributed by atoms with Crippen LogP contribution in [0.25, 0.3) is 28.0 Å². The maximum atomic E-state index is 14.5. The van der Waals surface area contributed by atoms with Gasteiger partial charge in [-0.25, -0.2) is 14.6 Å². The van der Waals surface area contributed by atoms with Crippen molar-refractivity contribution in [2.45, 2.75) is 52.7 Å². The highest BCUT2D eigenvalue weighted by Crippen LogP contribution is 2.55. The van der Waals surface area contributed by atoms with Gasteiger partial charge in [0, 0.05) is 36.1 Å². The van der Waals surface area contributed by atoms with Gasteiger partial charge in [0.1, 0.15) is 5.82 Å². The predicted octanol–water partition coefficient (Wildman–Crippen LogP) is 7.18. The average Bonchev–Trinajstić information content (AvgIpc) is 3.72. The molecule has 1 aromatic heterocycles. The van der Waals surface area contributed by atoms with Crippen molar-refractivity contribution in [3.8, 4) is 11.4 Å². The number of ether oxygens (including phenoxy) is 1. The number of imidazole rings is 1. The van der Waals surface area contributed by atoms with Crippen LogP contribution in [-0.2, 0) is 11.3 Å². The summed E-state index contributed by atoms with van der Waals surface area (Å²) >= 11 is 0. The van der Waals surface area contributed by atoms with Gasteiger partial charge in [0.15, 0.2) is 0 Å². The highest BCUT2D eigenvalue weighted by Gasteiger charge is 2.46. The Labute approximate surface area is 279 Å². The number of rotatable bonds is 7. The molecule has 1 unspecified atom stereocenters. The van der Waals surface area contributed by atoms with Gasteiger partial charge >= 0.3 is 11.9 Å². The summed E-state index contributed by atoms with van der Waals surface area (Å²) in [5.41, 5.74) is 5.87. The zero-order valence-electron chi connectivity index (χ0n) is 27.4. The number of carbonyl (C=O) groups is 3. The van der Waals surface area contributed by atoms with Gasteiger partial charge in [0.2, 0.25) is 0 Å². The zero-order chi connectivity index (χ0) is 33.8. The summed E-state index contributed by atoms with van der Waals surface area (Å²) in [6.07, 6.45) is 7.10. The number of hydrogen-bond acceptors (Lipinski definition) is 5. The Bertz CT molecular complexity index is 2010. The molecule has 9 nitrogen and oxygen atoms in total. The number of aromatic nitrogens is 2. The van der Waals surface area contributed by atoms with Crippen LogP contribution in [-0.4, -0.2) is 68.3 Å². The van der Waals surface area contributed by atoms with Gasteiger partial charge in [0.05, 0.1) is 40.4 Å². The molecule has 1 amide bonds. The number of amides is 1. The van der Waals surface area contributed by atoms with E-state index in [0.29, 0.717) is 48.7 Å². The molecule has 3 aliphatic rings. The van der Waals surface area contributed by atoms with Crippen LogP contribution in [0.4, 0.5) is 0 Å². The van der Waals surface area contributed by atoms with Crippen LogP contribution in [0.2, 0.25) is 0 Å². The third-order valence-corrected chi connectivity index (χ3v) is 10.3. The van der Waals surface area contributed by atoms with E-state index in [1.54, 1.807) is 30.3 Å². The summed E-state index contributed by atoms with van der Waals surface area (Å²) in [6.45, 7) is 8.89. The molecular weight excluding hydrogens is 606 g/mol. The molecule has 3 heterocycles. The molecule has 1 saturated heterocycles. The highest BCUT2D eigenvalue weighted by atomic mass is 16.5. The SMILES string of the molecule is CC1(C)C(c2ccc(C(=O)O)cc2)=CC[C@]2(C)CN(C(=O)c3ccccc3-c3nc4cc(C(=O)O)ccc4n3CC3CCCO3)CC=C12. The van der Waals surface area contributed by atoms with E-state index in [2.05, 4.69) is 37.5 Å². The maximum Gasteiger partial charge on any atom is 0.335 e. The summed E-state index contributed by atoms with van der Waals surface area (Å²) in [4.78, 5) is 44.5. The molecule has 4 aromatic rings. The minimum absolute atomic E-state index is 0.0106. The number of carboxylic acid groups (broad SMARTS) is 2. The maximum absolute atomic E-state index is 14.5. The molecule has 1 fully saturated rings. The van der Waals surface area contributed by atoms with E-state index in [4.69, 9.17) is 9.72 Å². The molecular formula is C39H39N3O6. The Hall–Kier alpha value is -5.02. The van der Waals surface area contributed by atoms with E-state index in [1.807, 2.05) is 41.3 Å². The Balaban J connectivity index is 1.22. The molecule has 48 heavy (non-hydrogen) atoms. The molecule has 246 valence electrons. The number of allylic oxidation sites excluding steroid dienone is 2. The molecule has 0 radical (unpaired) electrons. The van der Waals surface area contributed by atoms with Crippen molar-refractivity contribution in [2.75, 3.05) is 19.7 Å². The second-order valence-electron chi connectivity index (χ2n) is 13.9. The third-order valence-electron chi connectivity index (χ3n) is 10.3. The first-order valence-electron chi connectivity index (χ1n) is 16.5. The van der Waals surface area contributed by atoms with Gasteiger partial charge in [-0.3, -0.25) is 4.79 Å². The predicted molar refractivity (Wildman–Crippen MR) is 183 cm³/mol. The van der Waals surface area contributed by atoms with E-state index in [9.17, 15) is 24.6 Å². The van der Waals surface area contributed by atoms with Gasteiger partial charge in [-0.2, -0.15) is 0 Å². The van der Waals surface area contributed by atoms with Crippen molar-refractivity contribution >= 4 is 34.5 Å². The number of fused-ring (bicyclic) bond motifs is 2. The van der Waals surface area contributed by atoms with Crippen LogP contribution >= 0.6 is 0 Å². The minimum Gasteiger partial charge on any atom is -0.478 e. The standard InChI is InChI=1S/C39H39N3O6/c1-38(2)30(24-10-12-25(13-11-24)36(44)45)16-18-39(3)23-41(19-17-33(38)39)35(43)29-9-5-4-8-28(29)34-40-31-21-26(37(46)47)14-15-32(31)42(34)22-27-7-6-20-48-27/h4-5,8-17,21,27H,6-7,18-20,22-23H2,1-3H3,(H,44,45)(H,46,47)/t27?,39-/m1/s1. The Kier molecular flexibility index (Phi) is 7.83. The Morgan fingerprint density at radius 2 is 1.67 bits per heavy atom. The molecule has 2 aliphatic heterocycles. The van der Waals surface area contributed by atoms with E-state index < -0.39 is 11.9 Å². The lowest BCUT2D eigenvalue weighted by Crippen LogP contribution is -2.48. The lowest BCUT2D eigenvalue weighted by atomic mass is 9.58. The van der Waals surface area contributed by atoms with Crippen molar-refractivity contribution in [3.05, 3.63) is 107 Å². The van der Waals surface area contributed by atoms with Crippen molar-refractivity contribution in [1.82, 2.24) is 14.5 Å². The smallest absolute Gasteiger partial charge is 0.335 e. The van der Waals surface area contributed by atoms with E-state index >= 15 is 0 Å². The van der Waals surface area contributed by atoms with E-state index in [-0.39, 0.29) is 34.0 Å². The molecule has 7 rings (SSSR count). The second-order valence-corrected chi connectivity index (χ2v) is 13.9. The van der Waals surface area contributed by atoms with E-state index in [0.717, 1.165) is 35.9 Å². The fraction of sp³-hybridized carbons (Fsp3) is 0.333.